The number of pyridine rings is 1. The van der Waals surface area contributed by atoms with E-state index >= 15 is 0 Å². The molecule has 0 aliphatic heterocycles. The second-order valence-corrected chi connectivity index (χ2v) is 5.10. The lowest BCUT2D eigenvalue weighted by Gasteiger charge is -2.18. The molecule has 0 saturated carbocycles. The van der Waals surface area contributed by atoms with Crippen molar-refractivity contribution < 1.29 is 18.7 Å². The number of ether oxygens (including phenoxy) is 2. The molecule has 1 N–H and O–H groups in total. The van der Waals surface area contributed by atoms with Crippen molar-refractivity contribution >= 4 is 6.03 Å². The first-order chi connectivity index (χ1) is 11.6. The van der Waals surface area contributed by atoms with E-state index < -0.39 is 5.82 Å². The number of nitrogens with one attached hydrogen (secondary N) is 1. The Kier molecular flexibility index (Phi) is 6.51. The van der Waals surface area contributed by atoms with Gasteiger partial charge >= 0.3 is 6.03 Å². The number of methoxy groups -OCH3 is 1. The summed E-state index contributed by atoms with van der Waals surface area (Å²) in [5.74, 6) is 0.277. The van der Waals surface area contributed by atoms with Crippen LogP contribution in [0.3, 0.4) is 0 Å². The molecule has 24 heavy (non-hydrogen) atoms. The highest BCUT2D eigenvalue weighted by Crippen LogP contribution is 2.23. The van der Waals surface area contributed by atoms with Gasteiger partial charge in [0.1, 0.15) is 11.6 Å². The highest BCUT2D eigenvalue weighted by Gasteiger charge is 2.11. The number of amides is 2. The molecule has 2 rings (SSSR count). The van der Waals surface area contributed by atoms with E-state index in [9.17, 15) is 9.18 Å². The standard InChI is InChI=1S/C17H20FN3O3/c1-21(9-10-23-2)17(22)20-12-13-5-4-8-19-16(13)24-15-7-3-6-14(18)11-15/h3-8,11H,9-10,12H2,1-2H3,(H,20,22). The maximum absolute atomic E-state index is 13.2. The molecule has 0 spiro atoms. The molecule has 6 nitrogen and oxygen atoms in total. The van der Waals surface area contributed by atoms with E-state index in [1.807, 2.05) is 0 Å². The van der Waals surface area contributed by atoms with E-state index in [2.05, 4.69) is 10.3 Å². The minimum absolute atomic E-state index is 0.229. The number of benzene rings is 1. The zero-order valence-corrected chi connectivity index (χ0v) is 13.7. The maximum Gasteiger partial charge on any atom is 0.317 e. The van der Waals surface area contributed by atoms with Crippen LogP contribution in [-0.2, 0) is 11.3 Å². The van der Waals surface area contributed by atoms with Gasteiger partial charge in [-0.15, -0.1) is 0 Å². The zero-order chi connectivity index (χ0) is 17.4. The minimum atomic E-state index is -0.391. The van der Waals surface area contributed by atoms with Crippen LogP contribution in [0, 0.1) is 5.82 Å². The summed E-state index contributed by atoms with van der Waals surface area (Å²) in [5.41, 5.74) is 0.690. The Hall–Kier alpha value is -2.67. The molecule has 0 bridgehead atoms. The quantitative estimate of drug-likeness (QED) is 0.846. The number of nitrogens with zero attached hydrogens (tertiary/aromatic N) is 2. The van der Waals surface area contributed by atoms with Crippen molar-refractivity contribution in [1.29, 1.82) is 0 Å². The van der Waals surface area contributed by atoms with Gasteiger partial charge in [0.2, 0.25) is 5.88 Å². The molecule has 1 aromatic carbocycles. The zero-order valence-electron chi connectivity index (χ0n) is 13.7. The normalized spacial score (nSPS) is 10.3. The SMILES string of the molecule is COCCN(C)C(=O)NCc1cccnc1Oc1cccc(F)c1. The summed E-state index contributed by atoms with van der Waals surface area (Å²) in [6.07, 6.45) is 1.57. The summed E-state index contributed by atoms with van der Waals surface area (Å²) >= 11 is 0. The summed E-state index contributed by atoms with van der Waals surface area (Å²) in [4.78, 5) is 17.7. The van der Waals surface area contributed by atoms with Gasteiger partial charge in [-0.2, -0.15) is 0 Å². The Labute approximate surface area is 140 Å². The fourth-order valence-electron chi connectivity index (χ4n) is 1.93. The summed E-state index contributed by atoms with van der Waals surface area (Å²) in [6.45, 7) is 1.20. The van der Waals surface area contributed by atoms with Gasteiger partial charge in [0, 0.05) is 45.1 Å². The average molecular weight is 333 g/mol. The van der Waals surface area contributed by atoms with Crippen LogP contribution in [0.25, 0.3) is 0 Å². The molecule has 2 amide bonds. The topological polar surface area (TPSA) is 63.7 Å². The third-order valence-corrected chi connectivity index (χ3v) is 3.27. The number of carbonyl (C=O) groups is 1. The molecule has 0 fully saturated rings. The molecule has 0 saturated heterocycles. The molecule has 1 heterocycles. The van der Waals surface area contributed by atoms with Crippen LogP contribution >= 0.6 is 0 Å². The van der Waals surface area contributed by atoms with Crippen molar-refractivity contribution in [3.05, 3.63) is 54.0 Å². The van der Waals surface area contributed by atoms with Crippen LogP contribution in [0.15, 0.2) is 42.6 Å². The van der Waals surface area contributed by atoms with Gasteiger partial charge in [-0.05, 0) is 18.2 Å². The first-order valence-electron chi connectivity index (χ1n) is 7.45. The number of likely N-dealkylation sites (N-methyl/N-ethyl adjacent to an activating group) is 1. The first kappa shape index (κ1) is 17.7. The summed E-state index contributed by atoms with van der Waals surface area (Å²) < 4.78 is 23.8. The third kappa shape index (κ3) is 5.20. The Morgan fingerprint density at radius 2 is 2.17 bits per heavy atom. The van der Waals surface area contributed by atoms with Gasteiger partial charge in [0.05, 0.1) is 6.61 Å². The molecule has 0 aliphatic carbocycles. The molecule has 2 aromatic rings. The van der Waals surface area contributed by atoms with E-state index in [4.69, 9.17) is 9.47 Å². The van der Waals surface area contributed by atoms with E-state index in [1.165, 1.54) is 17.0 Å². The van der Waals surface area contributed by atoms with Crippen molar-refractivity contribution in [3.63, 3.8) is 0 Å². The Morgan fingerprint density at radius 1 is 1.33 bits per heavy atom. The van der Waals surface area contributed by atoms with Crippen molar-refractivity contribution in [2.24, 2.45) is 0 Å². The number of hydrogen-bond acceptors (Lipinski definition) is 4. The molecule has 0 unspecified atom stereocenters. The molecule has 0 atom stereocenters. The number of hydrogen-bond donors (Lipinski definition) is 1. The minimum Gasteiger partial charge on any atom is -0.439 e. The fraction of sp³-hybridized carbons (Fsp3) is 0.294. The van der Waals surface area contributed by atoms with Crippen molar-refractivity contribution in [2.45, 2.75) is 6.54 Å². The molecule has 7 heteroatoms. The Morgan fingerprint density at radius 3 is 2.92 bits per heavy atom. The number of halogens is 1. The molecular weight excluding hydrogens is 313 g/mol. The van der Waals surface area contributed by atoms with Gasteiger partial charge < -0.3 is 19.7 Å². The number of urea groups is 1. The van der Waals surface area contributed by atoms with E-state index in [0.29, 0.717) is 30.3 Å². The highest BCUT2D eigenvalue weighted by atomic mass is 19.1. The van der Waals surface area contributed by atoms with Crippen LogP contribution in [0.2, 0.25) is 0 Å². The monoisotopic (exact) mass is 333 g/mol. The second kappa shape index (κ2) is 8.83. The van der Waals surface area contributed by atoms with Crippen LogP contribution in [0.1, 0.15) is 5.56 Å². The summed E-state index contributed by atoms with van der Waals surface area (Å²) in [5, 5.41) is 2.78. The van der Waals surface area contributed by atoms with Crippen LogP contribution < -0.4 is 10.1 Å². The Balaban J connectivity index is 2.00. The lowest BCUT2D eigenvalue weighted by Crippen LogP contribution is -2.38. The number of aromatic nitrogens is 1. The summed E-state index contributed by atoms with van der Waals surface area (Å²) in [6, 6.07) is 9.11. The summed E-state index contributed by atoms with van der Waals surface area (Å²) in [7, 11) is 3.26. The van der Waals surface area contributed by atoms with Crippen molar-refractivity contribution in [1.82, 2.24) is 15.2 Å². The van der Waals surface area contributed by atoms with Crippen molar-refractivity contribution in [3.8, 4) is 11.6 Å². The van der Waals surface area contributed by atoms with Gasteiger partial charge in [-0.1, -0.05) is 12.1 Å². The highest BCUT2D eigenvalue weighted by molar-refractivity contribution is 5.73. The Bertz CT molecular complexity index is 682. The smallest absolute Gasteiger partial charge is 0.317 e. The predicted octanol–water partition coefficient (Wildman–Crippen LogP) is 2.80. The molecule has 1 aromatic heterocycles. The molecule has 0 radical (unpaired) electrons. The van der Waals surface area contributed by atoms with Crippen LogP contribution in [-0.4, -0.2) is 43.2 Å². The second-order valence-electron chi connectivity index (χ2n) is 5.10. The average Bonchev–Trinajstić information content (AvgIpc) is 2.58. The first-order valence-corrected chi connectivity index (χ1v) is 7.45. The van der Waals surface area contributed by atoms with Gasteiger partial charge in [0.15, 0.2) is 0 Å². The number of carbonyl (C=O) groups excluding carboxylic acids is 1. The lowest BCUT2D eigenvalue weighted by atomic mass is 10.2. The van der Waals surface area contributed by atoms with Gasteiger partial charge in [0.25, 0.3) is 0 Å². The van der Waals surface area contributed by atoms with E-state index in [0.717, 1.165) is 0 Å². The van der Waals surface area contributed by atoms with Crippen LogP contribution in [0.5, 0.6) is 11.6 Å². The van der Waals surface area contributed by atoms with Gasteiger partial charge in [-0.3, -0.25) is 0 Å². The molecule has 0 aliphatic rings. The largest absolute Gasteiger partial charge is 0.439 e. The fourth-order valence-corrected chi connectivity index (χ4v) is 1.93. The van der Waals surface area contributed by atoms with Crippen molar-refractivity contribution in [2.75, 3.05) is 27.3 Å². The lowest BCUT2D eigenvalue weighted by molar-refractivity contribution is 0.159. The number of rotatable bonds is 7. The maximum atomic E-state index is 13.2. The predicted molar refractivity (Wildman–Crippen MR) is 87.5 cm³/mol. The van der Waals surface area contributed by atoms with Gasteiger partial charge in [-0.25, -0.2) is 14.2 Å². The van der Waals surface area contributed by atoms with Crippen LogP contribution in [0.4, 0.5) is 9.18 Å². The molecular formula is C17H20FN3O3. The third-order valence-electron chi connectivity index (χ3n) is 3.27. The van der Waals surface area contributed by atoms with E-state index in [-0.39, 0.29) is 12.6 Å². The van der Waals surface area contributed by atoms with E-state index in [1.54, 1.807) is 44.6 Å². The molecule has 128 valence electrons.